The summed E-state index contributed by atoms with van der Waals surface area (Å²) in [6.45, 7) is 0. The van der Waals surface area contributed by atoms with Gasteiger partial charge in [0.15, 0.2) is 0 Å². The van der Waals surface area contributed by atoms with E-state index >= 15 is 0 Å². The molecule has 1 spiro atoms. The van der Waals surface area contributed by atoms with Crippen molar-refractivity contribution in [3.63, 3.8) is 0 Å². The van der Waals surface area contributed by atoms with Gasteiger partial charge in [-0.3, -0.25) is 19.5 Å². The van der Waals surface area contributed by atoms with Gasteiger partial charge >= 0.3 is 0 Å². The molecule has 0 aromatic heterocycles. The maximum atomic E-state index is 13.7. The number of rotatable bonds is 5. The Morgan fingerprint density at radius 1 is 1.19 bits per heavy atom. The third-order valence-corrected chi connectivity index (χ3v) is 6.07. The Bertz CT molecular complexity index is 1080. The first-order valence-corrected chi connectivity index (χ1v) is 10.4. The molecule has 1 fully saturated rings. The molecule has 4 rings (SSSR count). The van der Waals surface area contributed by atoms with Gasteiger partial charge in [-0.25, -0.2) is 0 Å². The second-order valence-corrected chi connectivity index (χ2v) is 7.95. The molecule has 1 unspecified atom stereocenters. The first-order chi connectivity index (χ1) is 15.0. The molecule has 2 amide bonds. The lowest BCUT2D eigenvalue weighted by Crippen LogP contribution is -2.53. The molecule has 2 aromatic carbocycles. The number of carbonyl (C=O) groups excluding carboxylic acids is 2. The summed E-state index contributed by atoms with van der Waals surface area (Å²) in [7, 11) is 1.58. The summed E-state index contributed by atoms with van der Waals surface area (Å²) in [6.07, 6.45) is 4.21. The topological polar surface area (TPSA) is 109 Å². The van der Waals surface area contributed by atoms with E-state index in [0.29, 0.717) is 41.0 Å². The van der Waals surface area contributed by atoms with Gasteiger partial charge in [0, 0.05) is 5.56 Å². The van der Waals surface area contributed by atoms with Crippen LogP contribution in [-0.2, 0) is 9.59 Å². The standard InChI is InChI=1S/C24H24N4O3/c1-31-19-10-8-17(9-11-19)20-23(30)28(24(27-20)12-3-2-4-13-24)21(22(26)29)18-7-5-6-16(14-18)15-25/h5-11,14,21H,2-4,12-13H2,1H3,(H2,26,29). The van der Waals surface area contributed by atoms with Crippen molar-refractivity contribution in [1.29, 1.82) is 5.26 Å². The molecule has 31 heavy (non-hydrogen) atoms. The number of primary amides is 1. The van der Waals surface area contributed by atoms with Crippen molar-refractivity contribution in [2.45, 2.75) is 43.8 Å². The number of nitrogens with zero attached hydrogens (tertiary/aromatic N) is 3. The molecule has 2 N–H and O–H groups in total. The summed E-state index contributed by atoms with van der Waals surface area (Å²) >= 11 is 0. The van der Waals surface area contributed by atoms with Crippen molar-refractivity contribution >= 4 is 17.5 Å². The Kier molecular flexibility index (Phi) is 5.47. The van der Waals surface area contributed by atoms with Crippen LogP contribution >= 0.6 is 0 Å². The fraction of sp³-hybridized carbons (Fsp3) is 0.333. The molecule has 1 saturated carbocycles. The second-order valence-electron chi connectivity index (χ2n) is 7.95. The van der Waals surface area contributed by atoms with Crippen LogP contribution in [0.2, 0.25) is 0 Å². The van der Waals surface area contributed by atoms with Crippen LogP contribution in [0.5, 0.6) is 5.75 Å². The van der Waals surface area contributed by atoms with E-state index in [1.807, 2.05) is 0 Å². The largest absolute Gasteiger partial charge is 0.497 e. The molecule has 1 aliphatic heterocycles. The van der Waals surface area contributed by atoms with Crippen LogP contribution in [0, 0.1) is 11.3 Å². The van der Waals surface area contributed by atoms with Crippen molar-refractivity contribution in [2.24, 2.45) is 10.7 Å². The van der Waals surface area contributed by atoms with Crippen molar-refractivity contribution in [1.82, 2.24) is 4.90 Å². The zero-order chi connectivity index (χ0) is 22.0. The number of amides is 2. The van der Waals surface area contributed by atoms with E-state index in [0.717, 1.165) is 19.3 Å². The lowest BCUT2D eigenvalue weighted by Gasteiger charge is -2.42. The SMILES string of the molecule is COc1ccc(C2=NC3(CCCCC3)N(C(C(N)=O)c3cccc(C#N)c3)C2=O)cc1. The molecule has 1 heterocycles. The lowest BCUT2D eigenvalue weighted by atomic mass is 9.86. The van der Waals surface area contributed by atoms with Crippen LogP contribution in [0.3, 0.4) is 0 Å². The number of hydrogen-bond donors (Lipinski definition) is 1. The van der Waals surface area contributed by atoms with Crippen molar-refractivity contribution < 1.29 is 14.3 Å². The van der Waals surface area contributed by atoms with Crippen LogP contribution in [0.25, 0.3) is 0 Å². The zero-order valence-corrected chi connectivity index (χ0v) is 17.4. The Morgan fingerprint density at radius 3 is 2.52 bits per heavy atom. The molecule has 158 valence electrons. The van der Waals surface area contributed by atoms with Crippen molar-refractivity contribution in [3.05, 3.63) is 65.2 Å². The first-order valence-electron chi connectivity index (χ1n) is 10.4. The van der Waals surface area contributed by atoms with Crippen molar-refractivity contribution in [3.8, 4) is 11.8 Å². The van der Waals surface area contributed by atoms with Crippen molar-refractivity contribution in [2.75, 3.05) is 7.11 Å². The number of methoxy groups -OCH3 is 1. The highest BCUT2D eigenvalue weighted by molar-refractivity contribution is 6.47. The monoisotopic (exact) mass is 416 g/mol. The van der Waals surface area contributed by atoms with E-state index in [1.54, 1.807) is 60.5 Å². The van der Waals surface area contributed by atoms with Gasteiger partial charge in [-0.1, -0.05) is 18.6 Å². The summed E-state index contributed by atoms with van der Waals surface area (Å²) < 4.78 is 5.22. The van der Waals surface area contributed by atoms with Crippen LogP contribution in [-0.4, -0.2) is 35.2 Å². The maximum absolute atomic E-state index is 13.7. The summed E-state index contributed by atoms with van der Waals surface area (Å²) in [5.41, 5.74) is 6.95. The lowest BCUT2D eigenvalue weighted by molar-refractivity contribution is -0.141. The highest BCUT2D eigenvalue weighted by atomic mass is 16.5. The van der Waals surface area contributed by atoms with Gasteiger partial charge in [0.05, 0.1) is 18.7 Å². The molecular weight excluding hydrogens is 392 g/mol. The highest BCUT2D eigenvalue weighted by Crippen LogP contribution is 2.44. The molecular formula is C24H24N4O3. The first kappa shape index (κ1) is 20.6. The van der Waals surface area contributed by atoms with E-state index in [4.69, 9.17) is 15.5 Å². The Hall–Kier alpha value is -3.66. The molecule has 7 nitrogen and oxygen atoms in total. The minimum Gasteiger partial charge on any atom is -0.497 e. The van der Waals surface area contributed by atoms with Gasteiger partial charge in [-0.05, 0) is 67.6 Å². The third kappa shape index (κ3) is 3.66. The maximum Gasteiger partial charge on any atom is 0.275 e. The molecule has 0 saturated heterocycles. The smallest absolute Gasteiger partial charge is 0.275 e. The molecule has 1 atom stereocenters. The number of aliphatic imine (C=N–C) groups is 1. The van der Waals surface area contributed by atoms with Crippen LogP contribution in [0.4, 0.5) is 0 Å². The summed E-state index contributed by atoms with van der Waals surface area (Å²) in [6, 6.07) is 14.9. The fourth-order valence-corrected chi connectivity index (χ4v) is 4.60. The summed E-state index contributed by atoms with van der Waals surface area (Å²) in [4.78, 5) is 32.8. The van der Waals surface area contributed by atoms with Crippen LogP contribution < -0.4 is 10.5 Å². The Labute approximate surface area is 181 Å². The van der Waals surface area contributed by atoms with Gasteiger partial charge < -0.3 is 10.5 Å². The average Bonchev–Trinajstić information content (AvgIpc) is 3.06. The predicted octanol–water partition coefficient (Wildman–Crippen LogP) is 3.09. The predicted molar refractivity (Wildman–Crippen MR) is 115 cm³/mol. The fourth-order valence-electron chi connectivity index (χ4n) is 4.60. The third-order valence-electron chi connectivity index (χ3n) is 6.07. The molecule has 0 radical (unpaired) electrons. The van der Waals surface area contributed by atoms with Gasteiger partial charge in [0.1, 0.15) is 23.2 Å². The number of ether oxygens (including phenoxy) is 1. The number of hydrogen-bond acceptors (Lipinski definition) is 5. The Balaban J connectivity index is 1.81. The van der Waals surface area contributed by atoms with Gasteiger partial charge in [0.25, 0.3) is 5.91 Å². The molecule has 2 aliphatic rings. The quantitative estimate of drug-likeness (QED) is 0.808. The minimum absolute atomic E-state index is 0.321. The van der Waals surface area contributed by atoms with E-state index in [-0.39, 0.29) is 5.91 Å². The molecule has 7 heteroatoms. The molecule has 0 bridgehead atoms. The van der Waals surface area contributed by atoms with E-state index < -0.39 is 17.6 Å². The van der Waals surface area contributed by atoms with Gasteiger partial charge in [-0.15, -0.1) is 0 Å². The minimum atomic E-state index is -1.00. The number of carbonyl (C=O) groups is 2. The van der Waals surface area contributed by atoms with Gasteiger partial charge in [-0.2, -0.15) is 5.26 Å². The molecule has 1 aliphatic carbocycles. The summed E-state index contributed by atoms with van der Waals surface area (Å²) in [5.74, 6) is -0.278. The number of benzene rings is 2. The van der Waals surface area contributed by atoms with Crippen LogP contribution in [0.15, 0.2) is 53.5 Å². The second kappa shape index (κ2) is 8.23. The zero-order valence-electron chi connectivity index (χ0n) is 17.4. The number of nitriles is 1. The van der Waals surface area contributed by atoms with E-state index in [2.05, 4.69) is 6.07 Å². The highest BCUT2D eigenvalue weighted by Gasteiger charge is 2.52. The van der Waals surface area contributed by atoms with Crippen LogP contribution in [0.1, 0.15) is 54.8 Å². The van der Waals surface area contributed by atoms with Gasteiger partial charge in [0.2, 0.25) is 5.91 Å². The number of nitrogens with two attached hydrogens (primary N) is 1. The normalized spacial score (nSPS) is 18.4. The summed E-state index contributed by atoms with van der Waals surface area (Å²) in [5, 5.41) is 9.30. The average molecular weight is 416 g/mol. The molecule has 2 aromatic rings. The van der Waals surface area contributed by atoms with E-state index in [1.165, 1.54) is 0 Å². The Morgan fingerprint density at radius 2 is 1.90 bits per heavy atom. The van der Waals surface area contributed by atoms with E-state index in [9.17, 15) is 14.9 Å².